The van der Waals surface area contributed by atoms with Gasteiger partial charge in [-0.2, -0.15) is 0 Å². The molecule has 0 saturated carbocycles. The van der Waals surface area contributed by atoms with Crippen molar-refractivity contribution < 1.29 is 4.42 Å². The number of benzene rings is 7. The predicted molar refractivity (Wildman–Crippen MR) is 254 cm³/mol. The van der Waals surface area contributed by atoms with Crippen molar-refractivity contribution in [3.8, 4) is 45.3 Å². The second-order valence-corrected chi connectivity index (χ2v) is 14.0. The lowest BCUT2D eigenvalue weighted by molar-refractivity contribution is 0.675. The normalized spacial score (nSPS) is 11.7. The van der Waals surface area contributed by atoms with Gasteiger partial charge in [0.05, 0.1) is 0 Å². The van der Waals surface area contributed by atoms with Crippen molar-refractivity contribution in [2.75, 3.05) is 0 Å². The van der Waals surface area contributed by atoms with Crippen molar-refractivity contribution in [2.24, 2.45) is 0 Å². The molecule has 0 atom stereocenters. The third-order valence-corrected chi connectivity index (χ3v) is 10.8. The van der Waals surface area contributed by atoms with Crippen molar-refractivity contribution >= 4 is 217 Å². The zero-order valence-corrected chi connectivity index (χ0v) is 30.7. The fraction of sp³-hybridized carbons (Fsp3) is 0. The summed E-state index contributed by atoms with van der Waals surface area (Å²) in [7, 11) is 86.6. The van der Waals surface area contributed by atoms with Crippen LogP contribution in [0.1, 0.15) is 0 Å². The van der Waals surface area contributed by atoms with Crippen LogP contribution in [0.4, 0.5) is 0 Å². The molecule has 236 valence electrons. The lowest BCUT2D eigenvalue weighted by atomic mass is 9.60. The molecule has 0 spiro atoms. The first kappa shape index (κ1) is 38.2. The predicted octanol–water partition coefficient (Wildman–Crippen LogP) is -4.94. The maximum Gasteiger partial charge on any atom is 0.164 e. The van der Waals surface area contributed by atoms with E-state index < -0.39 is 0 Å². The van der Waals surface area contributed by atoms with Gasteiger partial charge in [-0.15, -0.1) is 27.3 Å². The fourth-order valence-corrected chi connectivity index (χ4v) is 7.78. The van der Waals surface area contributed by atoms with Gasteiger partial charge in [0, 0.05) is 27.5 Å². The van der Waals surface area contributed by atoms with Crippen LogP contribution in [0, 0.1) is 0 Å². The first-order valence-corrected chi connectivity index (χ1v) is 17.7. The summed E-state index contributed by atoms with van der Waals surface area (Å²) in [5.74, 6) is 0.227. The number of nitrogens with zero attached hydrogens (tertiary/aromatic N) is 3. The van der Waals surface area contributed by atoms with Crippen molar-refractivity contribution in [1.82, 2.24) is 15.0 Å². The van der Waals surface area contributed by atoms with Gasteiger partial charge in [0.1, 0.15) is 113 Å². The molecular weight excluding hydrogens is 691 g/mol. The second-order valence-electron chi connectivity index (χ2n) is 14.0. The standard InChI is InChI=1S/C41H12B13N3O/c42-24-17(16-12-6-10-13-7-4-5-11-15(13)16)18-19(26(44)30(24)48)22(28(46)31(49)25(18)43)40-55-39(14-8-2-1-3-9-14)56-41(57-40)23-20-21-27(45)32(50)34(52)36(54)38(21)58-37(20)35(53)33(51)29(23)47/h1-12H. The lowest BCUT2D eigenvalue weighted by Gasteiger charge is -2.26. The maximum atomic E-state index is 6.92. The Morgan fingerprint density at radius 1 is 0.328 bits per heavy atom. The van der Waals surface area contributed by atoms with Crippen molar-refractivity contribution in [2.45, 2.75) is 0 Å². The van der Waals surface area contributed by atoms with Gasteiger partial charge in [0.2, 0.25) is 0 Å². The highest BCUT2D eigenvalue weighted by atomic mass is 16.3. The van der Waals surface area contributed by atoms with Gasteiger partial charge >= 0.3 is 0 Å². The molecule has 0 saturated heterocycles. The number of aromatic nitrogens is 3. The number of furan rings is 1. The summed E-state index contributed by atoms with van der Waals surface area (Å²) in [6.45, 7) is 0. The van der Waals surface area contributed by atoms with Crippen LogP contribution in [0.2, 0.25) is 0 Å². The molecule has 2 heterocycles. The Labute approximate surface area is 352 Å². The van der Waals surface area contributed by atoms with Crippen LogP contribution in [0.5, 0.6) is 0 Å². The van der Waals surface area contributed by atoms with E-state index in [1.807, 2.05) is 72.8 Å². The number of hydrogen-bond donors (Lipinski definition) is 0. The average Bonchev–Trinajstić information content (AvgIpc) is 3.64. The molecule has 26 radical (unpaired) electrons. The summed E-state index contributed by atoms with van der Waals surface area (Å²) in [6.07, 6.45) is 0. The summed E-state index contributed by atoms with van der Waals surface area (Å²) in [5, 5.41) is 3.06. The summed E-state index contributed by atoms with van der Waals surface area (Å²) < 4.78 is 6.22. The molecule has 0 bridgehead atoms. The van der Waals surface area contributed by atoms with E-state index in [9.17, 15) is 0 Å². The van der Waals surface area contributed by atoms with Crippen LogP contribution >= 0.6 is 0 Å². The van der Waals surface area contributed by atoms with E-state index in [1.54, 1.807) is 0 Å². The molecule has 0 fully saturated rings. The molecule has 0 unspecified atom stereocenters. The molecule has 0 aliphatic carbocycles. The molecule has 9 rings (SSSR count). The van der Waals surface area contributed by atoms with E-state index in [2.05, 4.69) is 0 Å². The Morgan fingerprint density at radius 3 is 1.40 bits per heavy atom. The number of rotatable bonds is 4. The quantitative estimate of drug-likeness (QED) is 0.173. The smallest absolute Gasteiger partial charge is 0.164 e. The molecule has 2 aromatic heterocycles. The van der Waals surface area contributed by atoms with Gasteiger partial charge in [0.25, 0.3) is 0 Å². The largest absolute Gasteiger partial charge is 0.457 e. The molecule has 7 aromatic carbocycles. The highest BCUT2D eigenvalue weighted by molar-refractivity contribution is 6.70. The molecule has 0 N–H and O–H groups in total. The zero-order chi connectivity index (χ0) is 41.1. The van der Waals surface area contributed by atoms with Crippen LogP contribution < -0.4 is 71.0 Å². The minimum Gasteiger partial charge on any atom is -0.457 e. The van der Waals surface area contributed by atoms with Gasteiger partial charge < -0.3 is 4.42 Å². The van der Waals surface area contributed by atoms with Crippen LogP contribution in [-0.4, -0.2) is 117 Å². The van der Waals surface area contributed by atoms with E-state index in [4.69, 9.17) is 121 Å². The van der Waals surface area contributed by atoms with Crippen LogP contribution in [0.25, 0.3) is 88.8 Å². The SMILES string of the molecule is [B]c1c([B])c([B])c2c(oc3c([B])c([B])c([B])c(-c4nc(-c5ccccc5)nc(-c5c([B])c([B])c([B])c6c(-c7cccc8ccccc78)c([B])c([B])c([B])c56)n4)c32)c1[B]. The summed E-state index contributed by atoms with van der Waals surface area (Å²) in [5.41, 5.74) is 3.09. The second kappa shape index (κ2) is 13.9. The van der Waals surface area contributed by atoms with E-state index in [-0.39, 0.29) is 122 Å². The molecule has 17 heteroatoms. The molecule has 9 aromatic rings. The van der Waals surface area contributed by atoms with Crippen molar-refractivity contribution in [3.63, 3.8) is 0 Å². The van der Waals surface area contributed by atoms with E-state index in [0.717, 1.165) is 16.3 Å². The van der Waals surface area contributed by atoms with Crippen LogP contribution in [0.15, 0.2) is 77.2 Å². The third-order valence-electron chi connectivity index (χ3n) is 10.8. The van der Waals surface area contributed by atoms with E-state index in [0.29, 0.717) is 21.9 Å². The first-order valence-electron chi connectivity index (χ1n) is 17.7. The topological polar surface area (TPSA) is 51.8 Å². The van der Waals surface area contributed by atoms with Crippen LogP contribution in [-0.2, 0) is 0 Å². The van der Waals surface area contributed by atoms with Crippen molar-refractivity contribution in [1.29, 1.82) is 0 Å². The Bertz CT molecular complexity index is 3270. The van der Waals surface area contributed by atoms with Gasteiger partial charge in [-0.25, -0.2) is 15.0 Å². The monoisotopic (exact) mass is 705 g/mol. The molecule has 0 amide bonds. The van der Waals surface area contributed by atoms with Gasteiger partial charge in [-0.05, 0) is 32.7 Å². The summed E-state index contributed by atoms with van der Waals surface area (Å²) >= 11 is 0. The highest BCUT2D eigenvalue weighted by Crippen LogP contribution is 2.36. The highest BCUT2D eigenvalue weighted by Gasteiger charge is 2.27. The minimum absolute atomic E-state index is 0.00153. The van der Waals surface area contributed by atoms with Gasteiger partial charge in [0.15, 0.2) is 17.5 Å². The summed E-state index contributed by atoms with van der Waals surface area (Å²) in [4.78, 5) is 14.9. The molecule has 4 nitrogen and oxygen atoms in total. The molecule has 0 aliphatic rings. The Morgan fingerprint density at radius 2 is 0.759 bits per heavy atom. The molecular formula is C41H12B13N3O. The lowest BCUT2D eigenvalue weighted by Crippen LogP contribution is -2.47. The summed E-state index contributed by atoms with van der Waals surface area (Å²) in [6, 6.07) is 22.8. The zero-order valence-electron chi connectivity index (χ0n) is 30.7. The maximum absolute atomic E-state index is 6.92. The van der Waals surface area contributed by atoms with Crippen LogP contribution in [0.3, 0.4) is 0 Å². The molecule has 0 aliphatic heterocycles. The Kier molecular flexibility index (Phi) is 9.19. The fourth-order valence-electron chi connectivity index (χ4n) is 7.78. The van der Waals surface area contributed by atoms with E-state index in [1.165, 1.54) is 0 Å². The third kappa shape index (κ3) is 5.45. The van der Waals surface area contributed by atoms with Gasteiger partial charge in [-0.1, -0.05) is 116 Å². The van der Waals surface area contributed by atoms with E-state index >= 15 is 0 Å². The minimum atomic E-state index is -0.0169. The number of fused-ring (bicyclic) bond motifs is 5. The van der Waals surface area contributed by atoms with Crippen molar-refractivity contribution in [3.05, 3.63) is 72.8 Å². The Hall–Kier alpha value is -5.29. The number of hydrogen-bond acceptors (Lipinski definition) is 4. The Balaban J connectivity index is 1.47. The first-order chi connectivity index (χ1) is 27.7. The molecule has 58 heavy (non-hydrogen) atoms. The van der Waals surface area contributed by atoms with Gasteiger partial charge in [-0.3, -0.25) is 0 Å². The average molecular weight is 703 g/mol.